The number of thiazole rings is 1. The fraction of sp³-hybridized carbons (Fsp3) is 0.0952. The molecule has 4 rings (SSSR count). The van der Waals surface area contributed by atoms with Gasteiger partial charge < -0.3 is 4.90 Å². The number of carbonyl (C=O) groups is 1. The van der Waals surface area contributed by atoms with E-state index in [1.165, 1.54) is 11.3 Å². The van der Waals surface area contributed by atoms with Crippen molar-refractivity contribution in [2.45, 2.75) is 0 Å². The predicted octanol–water partition coefficient (Wildman–Crippen LogP) is 4.04. The molecular weight excluding hydrogens is 356 g/mol. The summed E-state index contributed by atoms with van der Waals surface area (Å²) < 4.78 is 0. The second-order valence-electron chi connectivity index (χ2n) is 6.27. The first-order chi connectivity index (χ1) is 13.1. The first-order valence-corrected chi connectivity index (χ1v) is 9.38. The van der Waals surface area contributed by atoms with Gasteiger partial charge in [-0.15, -0.1) is 11.3 Å². The van der Waals surface area contributed by atoms with Gasteiger partial charge in [-0.05, 0) is 23.8 Å². The molecule has 0 unspecified atom stereocenters. The Bertz CT molecular complexity index is 1010. The van der Waals surface area contributed by atoms with Gasteiger partial charge in [-0.25, -0.2) is 14.9 Å². The van der Waals surface area contributed by atoms with E-state index in [4.69, 9.17) is 0 Å². The van der Waals surface area contributed by atoms with Gasteiger partial charge in [0.25, 0.3) is 5.91 Å². The Kier molecular flexibility index (Phi) is 4.56. The Labute approximate surface area is 161 Å². The van der Waals surface area contributed by atoms with E-state index in [0.717, 1.165) is 16.8 Å². The minimum atomic E-state index is -0.166. The second kappa shape index (κ2) is 7.17. The van der Waals surface area contributed by atoms with Crippen molar-refractivity contribution in [2.75, 3.05) is 23.9 Å². The molecule has 1 aromatic heterocycles. The monoisotopic (exact) mass is 374 g/mol. The Morgan fingerprint density at radius 2 is 1.78 bits per heavy atom. The maximum atomic E-state index is 13.1. The summed E-state index contributed by atoms with van der Waals surface area (Å²) in [7, 11) is 3.99. The van der Waals surface area contributed by atoms with Crippen LogP contribution in [0.5, 0.6) is 0 Å². The van der Waals surface area contributed by atoms with Gasteiger partial charge in [0.1, 0.15) is 11.5 Å². The largest absolute Gasteiger partial charge is 0.378 e. The highest BCUT2D eigenvalue weighted by Gasteiger charge is 2.33. The van der Waals surface area contributed by atoms with Crippen LogP contribution in [0.25, 0.3) is 6.08 Å². The van der Waals surface area contributed by atoms with Gasteiger partial charge in [-0.3, -0.25) is 4.79 Å². The van der Waals surface area contributed by atoms with Crippen molar-refractivity contribution in [1.82, 2.24) is 4.98 Å². The molecule has 0 radical (unpaired) electrons. The lowest BCUT2D eigenvalue weighted by atomic mass is 10.1. The van der Waals surface area contributed by atoms with Gasteiger partial charge in [-0.1, -0.05) is 42.5 Å². The summed E-state index contributed by atoms with van der Waals surface area (Å²) in [5.41, 5.74) is 3.32. The van der Waals surface area contributed by atoms with Crippen molar-refractivity contribution in [3.05, 3.63) is 83.0 Å². The Hall–Kier alpha value is -3.25. The van der Waals surface area contributed by atoms with E-state index >= 15 is 0 Å². The van der Waals surface area contributed by atoms with Crippen LogP contribution in [0.1, 0.15) is 11.1 Å². The molecule has 1 aliphatic heterocycles. The van der Waals surface area contributed by atoms with E-state index in [1.807, 2.05) is 85.0 Å². The lowest BCUT2D eigenvalue weighted by Gasteiger charge is -2.14. The average molecular weight is 374 g/mol. The van der Waals surface area contributed by atoms with Crippen LogP contribution in [0.3, 0.4) is 0 Å². The van der Waals surface area contributed by atoms with E-state index in [9.17, 15) is 4.79 Å². The molecule has 6 heteroatoms. The number of benzene rings is 2. The molecule has 0 fully saturated rings. The van der Waals surface area contributed by atoms with E-state index in [1.54, 1.807) is 11.1 Å². The van der Waals surface area contributed by atoms with Gasteiger partial charge >= 0.3 is 0 Å². The molecule has 3 aromatic rings. The summed E-state index contributed by atoms with van der Waals surface area (Å²) in [6.45, 7) is 0. The van der Waals surface area contributed by atoms with Crippen molar-refractivity contribution < 1.29 is 4.79 Å². The van der Waals surface area contributed by atoms with Gasteiger partial charge in [0.05, 0.1) is 0 Å². The van der Waals surface area contributed by atoms with E-state index in [2.05, 4.69) is 9.98 Å². The van der Waals surface area contributed by atoms with Gasteiger partial charge in [0, 0.05) is 36.9 Å². The quantitative estimate of drug-likeness (QED) is 0.648. The van der Waals surface area contributed by atoms with Gasteiger partial charge in [-0.2, -0.15) is 0 Å². The number of aromatic nitrogens is 1. The highest BCUT2D eigenvalue weighted by atomic mass is 32.1. The fourth-order valence-corrected chi connectivity index (χ4v) is 3.47. The van der Waals surface area contributed by atoms with E-state index in [0.29, 0.717) is 16.7 Å². The zero-order valence-corrected chi connectivity index (χ0v) is 15.9. The molecule has 27 heavy (non-hydrogen) atoms. The minimum Gasteiger partial charge on any atom is -0.378 e. The molecular formula is C21H18N4OS. The van der Waals surface area contributed by atoms with Crippen LogP contribution in [-0.2, 0) is 4.79 Å². The summed E-state index contributed by atoms with van der Waals surface area (Å²) in [6.07, 6.45) is 3.51. The Balaban J connectivity index is 1.75. The molecule has 0 bridgehead atoms. The molecule has 0 aliphatic carbocycles. The molecule has 0 saturated heterocycles. The molecule has 0 saturated carbocycles. The van der Waals surface area contributed by atoms with Crippen molar-refractivity contribution in [2.24, 2.45) is 4.99 Å². The average Bonchev–Trinajstić information content (AvgIpc) is 3.31. The second-order valence-corrected chi connectivity index (χ2v) is 7.15. The molecule has 0 atom stereocenters. The molecule has 2 heterocycles. The number of nitrogens with zero attached hydrogens (tertiary/aromatic N) is 4. The normalized spacial score (nSPS) is 15.3. The van der Waals surface area contributed by atoms with Crippen molar-refractivity contribution in [1.29, 1.82) is 0 Å². The van der Waals surface area contributed by atoms with Crippen LogP contribution in [0.15, 0.2) is 76.9 Å². The van der Waals surface area contributed by atoms with Crippen LogP contribution in [0.2, 0.25) is 0 Å². The fourth-order valence-electron chi connectivity index (χ4n) is 2.83. The number of aliphatic imine (C=N–C) groups is 1. The third-order valence-electron chi connectivity index (χ3n) is 4.22. The molecule has 0 N–H and O–H groups in total. The number of amidine groups is 1. The summed E-state index contributed by atoms with van der Waals surface area (Å²) in [6, 6.07) is 17.7. The first kappa shape index (κ1) is 17.2. The highest BCUT2D eigenvalue weighted by molar-refractivity contribution is 7.14. The van der Waals surface area contributed by atoms with Crippen LogP contribution in [-0.4, -0.2) is 30.8 Å². The Morgan fingerprint density at radius 3 is 2.41 bits per heavy atom. The van der Waals surface area contributed by atoms with Crippen molar-refractivity contribution >= 4 is 40.0 Å². The van der Waals surface area contributed by atoms with Gasteiger partial charge in [0.2, 0.25) is 0 Å². The topological polar surface area (TPSA) is 48.8 Å². The number of hydrogen-bond acceptors (Lipinski definition) is 5. The Morgan fingerprint density at radius 1 is 1.04 bits per heavy atom. The van der Waals surface area contributed by atoms with Crippen LogP contribution >= 0.6 is 11.3 Å². The molecule has 2 aromatic carbocycles. The maximum Gasteiger partial charge on any atom is 0.284 e. The van der Waals surface area contributed by atoms with E-state index in [-0.39, 0.29) is 5.91 Å². The number of rotatable bonds is 4. The number of amides is 1. The summed E-state index contributed by atoms with van der Waals surface area (Å²) in [5.74, 6) is 0.437. The predicted molar refractivity (Wildman–Crippen MR) is 111 cm³/mol. The van der Waals surface area contributed by atoms with Crippen molar-refractivity contribution in [3.63, 3.8) is 0 Å². The molecule has 1 amide bonds. The van der Waals surface area contributed by atoms with Crippen LogP contribution in [0, 0.1) is 0 Å². The van der Waals surface area contributed by atoms with Crippen LogP contribution < -0.4 is 9.80 Å². The number of carbonyl (C=O) groups excluding carboxylic acids is 1. The number of anilines is 2. The smallest absolute Gasteiger partial charge is 0.284 e. The third kappa shape index (κ3) is 3.39. The highest BCUT2D eigenvalue weighted by Crippen LogP contribution is 2.29. The molecule has 0 spiro atoms. The first-order valence-electron chi connectivity index (χ1n) is 8.50. The zero-order valence-electron chi connectivity index (χ0n) is 15.0. The summed E-state index contributed by atoms with van der Waals surface area (Å²) >= 11 is 1.42. The van der Waals surface area contributed by atoms with E-state index < -0.39 is 0 Å². The van der Waals surface area contributed by atoms with Gasteiger partial charge in [0.15, 0.2) is 5.13 Å². The van der Waals surface area contributed by atoms with Crippen molar-refractivity contribution in [3.8, 4) is 0 Å². The summed E-state index contributed by atoms with van der Waals surface area (Å²) in [5, 5.41) is 2.47. The lowest BCUT2D eigenvalue weighted by Crippen LogP contribution is -2.32. The summed E-state index contributed by atoms with van der Waals surface area (Å²) in [4.78, 5) is 25.6. The minimum absolute atomic E-state index is 0.166. The zero-order chi connectivity index (χ0) is 18.8. The molecule has 5 nitrogen and oxygen atoms in total. The SMILES string of the molecule is CN(C)c1ccc(/C=C2/N=C(c3ccccc3)N(c3nccs3)C2=O)cc1. The number of hydrogen-bond donors (Lipinski definition) is 0. The molecule has 1 aliphatic rings. The molecule has 134 valence electrons. The lowest BCUT2D eigenvalue weighted by molar-refractivity contribution is -0.113. The van der Waals surface area contributed by atoms with Crippen LogP contribution in [0.4, 0.5) is 10.8 Å². The third-order valence-corrected chi connectivity index (χ3v) is 4.97. The maximum absolute atomic E-state index is 13.1. The standard InChI is InChI=1S/C21H18N4OS/c1-24(2)17-10-8-15(9-11-17)14-18-20(26)25(21-22-12-13-27-21)19(23-18)16-6-4-3-5-7-16/h3-14H,1-2H3/b18-14+.